The smallest absolute Gasteiger partial charge is 0.339 e. The van der Waals surface area contributed by atoms with Gasteiger partial charge in [-0.05, 0) is 31.4 Å². The maximum Gasteiger partial charge on any atom is 0.339 e. The molecule has 0 bridgehead atoms. The van der Waals surface area contributed by atoms with E-state index in [-0.39, 0.29) is 17.4 Å². The summed E-state index contributed by atoms with van der Waals surface area (Å²) in [5.74, 6) is -1.38. The van der Waals surface area contributed by atoms with E-state index in [0.717, 1.165) is 25.7 Å². The van der Waals surface area contributed by atoms with Crippen molar-refractivity contribution in [3.05, 3.63) is 41.3 Å². The minimum absolute atomic E-state index is 0.130. The summed E-state index contributed by atoms with van der Waals surface area (Å²) >= 11 is 0. The molecule has 1 aliphatic carbocycles. The van der Waals surface area contributed by atoms with Crippen LogP contribution >= 0.6 is 0 Å². The van der Waals surface area contributed by atoms with Gasteiger partial charge in [0, 0.05) is 11.8 Å². The fourth-order valence-corrected chi connectivity index (χ4v) is 2.86. The first-order valence-electron chi connectivity index (χ1n) is 7.15. The first-order chi connectivity index (χ1) is 10.1. The molecule has 0 unspecified atom stereocenters. The molecule has 110 valence electrons. The van der Waals surface area contributed by atoms with E-state index in [9.17, 15) is 14.3 Å². The van der Waals surface area contributed by atoms with Crippen LogP contribution in [0, 0.1) is 12.7 Å². The number of aromatic nitrogens is 2. The Balaban J connectivity index is 2.07. The van der Waals surface area contributed by atoms with E-state index in [0.29, 0.717) is 16.8 Å². The summed E-state index contributed by atoms with van der Waals surface area (Å²) < 4.78 is 15.5. The van der Waals surface area contributed by atoms with Gasteiger partial charge in [0.1, 0.15) is 17.1 Å². The highest BCUT2D eigenvalue weighted by atomic mass is 19.1. The molecule has 0 spiro atoms. The van der Waals surface area contributed by atoms with Crippen molar-refractivity contribution in [1.29, 1.82) is 0 Å². The van der Waals surface area contributed by atoms with Crippen LogP contribution in [-0.2, 0) is 0 Å². The number of aryl methyl sites for hydroxylation is 1. The molecule has 0 saturated heterocycles. The third-order valence-electron chi connectivity index (χ3n) is 4.11. The number of halogens is 1. The molecule has 1 N–H and O–H groups in total. The van der Waals surface area contributed by atoms with Gasteiger partial charge in [-0.3, -0.25) is 4.68 Å². The van der Waals surface area contributed by atoms with E-state index >= 15 is 0 Å². The second-order valence-corrected chi connectivity index (χ2v) is 5.58. The zero-order chi connectivity index (χ0) is 15.0. The minimum Gasteiger partial charge on any atom is -0.478 e. The van der Waals surface area contributed by atoms with Crippen LogP contribution in [0.5, 0.6) is 0 Å². The maximum atomic E-state index is 13.7. The minimum atomic E-state index is -1.03. The SMILES string of the molecule is Cc1ccc(-c2nn(C3CCCC3)cc2C(=O)O)cc1F. The number of carboxylic acids is 1. The molecule has 1 aromatic heterocycles. The second kappa shape index (κ2) is 5.31. The number of nitrogens with zero attached hydrogens (tertiary/aromatic N) is 2. The van der Waals surface area contributed by atoms with Crippen LogP contribution in [0.15, 0.2) is 24.4 Å². The molecule has 1 saturated carbocycles. The van der Waals surface area contributed by atoms with E-state index in [4.69, 9.17) is 0 Å². The topological polar surface area (TPSA) is 55.1 Å². The fraction of sp³-hybridized carbons (Fsp3) is 0.375. The summed E-state index contributed by atoms with van der Waals surface area (Å²) in [6.07, 6.45) is 5.89. The normalized spacial score (nSPS) is 15.5. The predicted octanol–water partition coefficient (Wildman–Crippen LogP) is 3.81. The molecule has 1 fully saturated rings. The van der Waals surface area contributed by atoms with Crippen molar-refractivity contribution in [3.8, 4) is 11.3 Å². The molecule has 0 radical (unpaired) electrons. The van der Waals surface area contributed by atoms with Crippen molar-refractivity contribution in [2.24, 2.45) is 0 Å². The van der Waals surface area contributed by atoms with Crippen molar-refractivity contribution in [2.75, 3.05) is 0 Å². The molecular formula is C16H17FN2O2. The Morgan fingerprint density at radius 1 is 1.38 bits per heavy atom. The van der Waals surface area contributed by atoms with Crippen LogP contribution in [0.3, 0.4) is 0 Å². The maximum absolute atomic E-state index is 13.7. The Bertz CT molecular complexity index is 688. The second-order valence-electron chi connectivity index (χ2n) is 5.58. The lowest BCUT2D eigenvalue weighted by atomic mass is 10.1. The molecule has 4 nitrogen and oxygen atoms in total. The summed E-state index contributed by atoms with van der Waals surface area (Å²) in [7, 11) is 0. The van der Waals surface area contributed by atoms with Crippen LogP contribution in [0.4, 0.5) is 4.39 Å². The van der Waals surface area contributed by atoms with Gasteiger partial charge in [0.25, 0.3) is 0 Å². The van der Waals surface area contributed by atoms with Crippen LogP contribution < -0.4 is 0 Å². The van der Waals surface area contributed by atoms with Crippen LogP contribution in [-0.4, -0.2) is 20.9 Å². The van der Waals surface area contributed by atoms with Crippen molar-refractivity contribution in [2.45, 2.75) is 38.6 Å². The van der Waals surface area contributed by atoms with Crippen LogP contribution in [0.2, 0.25) is 0 Å². The van der Waals surface area contributed by atoms with E-state index in [2.05, 4.69) is 5.10 Å². The third kappa shape index (κ3) is 2.55. The molecule has 21 heavy (non-hydrogen) atoms. The zero-order valence-electron chi connectivity index (χ0n) is 11.8. The number of aromatic carboxylic acids is 1. The summed E-state index contributed by atoms with van der Waals surface area (Å²) in [4.78, 5) is 11.4. The number of hydrogen-bond acceptors (Lipinski definition) is 2. The van der Waals surface area contributed by atoms with Crippen molar-refractivity contribution < 1.29 is 14.3 Å². The van der Waals surface area contributed by atoms with Gasteiger partial charge in [-0.25, -0.2) is 9.18 Å². The van der Waals surface area contributed by atoms with E-state index < -0.39 is 5.97 Å². The number of rotatable bonds is 3. The standard InChI is InChI=1S/C16H17FN2O2/c1-10-6-7-11(8-14(10)17)15-13(16(20)21)9-19(18-15)12-4-2-3-5-12/h6-9,12H,2-5H2,1H3,(H,20,21). The highest BCUT2D eigenvalue weighted by Gasteiger charge is 2.23. The Morgan fingerprint density at radius 2 is 2.10 bits per heavy atom. The lowest BCUT2D eigenvalue weighted by Gasteiger charge is -2.08. The Labute approximate surface area is 122 Å². The monoisotopic (exact) mass is 288 g/mol. The molecule has 1 aromatic carbocycles. The van der Waals surface area contributed by atoms with Gasteiger partial charge >= 0.3 is 5.97 Å². The Kier molecular flexibility index (Phi) is 3.49. The van der Waals surface area contributed by atoms with Gasteiger partial charge in [0.05, 0.1) is 6.04 Å². The van der Waals surface area contributed by atoms with E-state index in [1.807, 2.05) is 0 Å². The quantitative estimate of drug-likeness (QED) is 0.934. The summed E-state index contributed by atoms with van der Waals surface area (Å²) in [5.41, 5.74) is 1.51. The largest absolute Gasteiger partial charge is 0.478 e. The molecule has 0 amide bonds. The molecular weight excluding hydrogens is 271 g/mol. The van der Waals surface area contributed by atoms with Crippen molar-refractivity contribution in [3.63, 3.8) is 0 Å². The number of hydrogen-bond donors (Lipinski definition) is 1. The van der Waals surface area contributed by atoms with Gasteiger partial charge in [-0.15, -0.1) is 0 Å². The van der Waals surface area contributed by atoms with Crippen molar-refractivity contribution >= 4 is 5.97 Å². The summed E-state index contributed by atoms with van der Waals surface area (Å²) in [6, 6.07) is 4.97. The number of benzene rings is 1. The van der Waals surface area contributed by atoms with Gasteiger partial charge in [0.2, 0.25) is 0 Å². The lowest BCUT2D eigenvalue weighted by Crippen LogP contribution is -2.05. The molecule has 3 rings (SSSR count). The molecule has 1 aliphatic rings. The molecule has 1 heterocycles. The van der Waals surface area contributed by atoms with Crippen LogP contribution in [0.25, 0.3) is 11.3 Å². The highest BCUT2D eigenvalue weighted by Crippen LogP contribution is 2.32. The molecule has 0 atom stereocenters. The van der Waals surface area contributed by atoms with Gasteiger partial charge in [-0.1, -0.05) is 25.0 Å². The number of carbonyl (C=O) groups is 1. The average Bonchev–Trinajstić information content (AvgIpc) is 3.09. The van der Waals surface area contributed by atoms with Crippen LogP contribution in [0.1, 0.15) is 47.6 Å². The summed E-state index contributed by atoms with van der Waals surface area (Å²) in [5, 5.41) is 13.8. The molecule has 5 heteroatoms. The average molecular weight is 288 g/mol. The van der Waals surface area contributed by atoms with Crippen molar-refractivity contribution in [1.82, 2.24) is 9.78 Å². The fourth-order valence-electron chi connectivity index (χ4n) is 2.86. The number of carboxylic acid groups (broad SMARTS) is 1. The zero-order valence-corrected chi connectivity index (χ0v) is 11.8. The van der Waals surface area contributed by atoms with Gasteiger partial charge < -0.3 is 5.11 Å². The lowest BCUT2D eigenvalue weighted by molar-refractivity contribution is 0.0697. The predicted molar refractivity (Wildman–Crippen MR) is 76.8 cm³/mol. The Hall–Kier alpha value is -2.17. The highest BCUT2D eigenvalue weighted by molar-refractivity contribution is 5.94. The van der Waals surface area contributed by atoms with E-state index in [1.54, 1.807) is 29.9 Å². The third-order valence-corrected chi connectivity index (χ3v) is 4.11. The first-order valence-corrected chi connectivity index (χ1v) is 7.15. The molecule has 2 aromatic rings. The summed E-state index contributed by atoms with van der Waals surface area (Å²) in [6.45, 7) is 1.67. The van der Waals surface area contributed by atoms with Gasteiger partial charge in [0.15, 0.2) is 0 Å². The first kappa shape index (κ1) is 13.8. The Morgan fingerprint density at radius 3 is 2.71 bits per heavy atom. The van der Waals surface area contributed by atoms with E-state index in [1.165, 1.54) is 6.07 Å². The molecule has 0 aliphatic heterocycles. The van der Waals surface area contributed by atoms with Gasteiger partial charge in [-0.2, -0.15) is 5.10 Å².